The van der Waals surface area contributed by atoms with E-state index >= 15 is 0 Å². The van der Waals surface area contributed by atoms with Crippen LogP contribution in [0.3, 0.4) is 0 Å². The smallest absolute Gasteiger partial charge is 0.269 e. The molecular weight excluding hydrogens is 546 g/mol. The summed E-state index contributed by atoms with van der Waals surface area (Å²) >= 11 is 0. The summed E-state index contributed by atoms with van der Waals surface area (Å²) in [6.45, 7) is 4.10. The van der Waals surface area contributed by atoms with Gasteiger partial charge in [-0.25, -0.2) is 34.0 Å². The van der Waals surface area contributed by atoms with Crippen molar-refractivity contribution in [2.45, 2.75) is 39.3 Å². The largest absolute Gasteiger partial charge is 0.395 e. The van der Waals surface area contributed by atoms with Gasteiger partial charge in [0.25, 0.3) is 5.91 Å². The quantitative estimate of drug-likeness (QED) is 0.248. The van der Waals surface area contributed by atoms with Gasteiger partial charge < -0.3 is 21.5 Å². The van der Waals surface area contributed by atoms with E-state index in [9.17, 15) is 13.6 Å². The third-order valence-corrected chi connectivity index (χ3v) is 7.04. The molecule has 14 heteroatoms. The number of aryl methyl sites for hydroxylation is 2. The second kappa shape index (κ2) is 10.7. The Morgan fingerprint density at radius 3 is 2.64 bits per heavy atom. The number of rotatable bonds is 6. The molecule has 1 saturated heterocycles. The fraction of sp³-hybridized carbons (Fsp3) is 0.250. The first kappa shape index (κ1) is 27.1. The van der Waals surface area contributed by atoms with Gasteiger partial charge in [-0.05, 0) is 56.9 Å². The predicted octanol–water partition coefficient (Wildman–Crippen LogP) is 4.36. The van der Waals surface area contributed by atoms with Crippen molar-refractivity contribution in [3.8, 4) is 22.6 Å². The third-order valence-electron chi connectivity index (χ3n) is 7.04. The van der Waals surface area contributed by atoms with Crippen molar-refractivity contribution in [1.82, 2.24) is 34.7 Å². The van der Waals surface area contributed by atoms with Crippen LogP contribution in [0, 0.1) is 25.6 Å². The summed E-state index contributed by atoms with van der Waals surface area (Å²) in [5.41, 5.74) is 14.4. The zero-order valence-corrected chi connectivity index (χ0v) is 22.7. The number of hydrogen-bond donors (Lipinski definition) is 3. The minimum absolute atomic E-state index is 0.0365. The monoisotopic (exact) mass is 572 g/mol. The van der Waals surface area contributed by atoms with E-state index in [2.05, 4.69) is 30.4 Å². The summed E-state index contributed by atoms with van der Waals surface area (Å²) in [5.74, 6) is -2.67. The van der Waals surface area contributed by atoms with E-state index < -0.39 is 17.7 Å². The van der Waals surface area contributed by atoms with E-state index in [1.165, 1.54) is 6.07 Å². The Morgan fingerprint density at radius 1 is 1.05 bits per heavy atom. The number of anilines is 3. The second-order valence-corrected chi connectivity index (χ2v) is 9.89. The molecule has 5 aromatic rings. The van der Waals surface area contributed by atoms with Crippen molar-refractivity contribution in [2.75, 3.05) is 17.7 Å². The van der Waals surface area contributed by atoms with Crippen molar-refractivity contribution in [3.63, 3.8) is 0 Å². The van der Waals surface area contributed by atoms with Crippen molar-refractivity contribution >= 4 is 34.1 Å². The summed E-state index contributed by atoms with van der Waals surface area (Å²) in [6, 6.07) is 6.28. The van der Waals surface area contributed by atoms with E-state index in [0.29, 0.717) is 12.2 Å². The lowest BCUT2D eigenvalue weighted by Crippen LogP contribution is -2.19. The van der Waals surface area contributed by atoms with Crippen LogP contribution in [0.2, 0.25) is 0 Å². The Labute approximate surface area is 238 Å². The molecule has 12 nitrogen and oxygen atoms in total. The molecule has 1 amide bonds. The van der Waals surface area contributed by atoms with Crippen molar-refractivity contribution in [2.24, 2.45) is 5.73 Å². The average Bonchev–Trinajstić information content (AvgIpc) is 3.40. The first-order valence-electron chi connectivity index (χ1n) is 13.2. The number of nitrogens with zero attached hydrogens (tertiary/aromatic N) is 7. The van der Waals surface area contributed by atoms with Crippen LogP contribution in [0.5, 0.6) is 0 Å². The maximum atomic E-state index is 14.5. The maximum absolute atomic E-state index is 14.5. The summed E-state index contributed by atoms with van der Waals surface area (Å²) in [4.78, 5) is 33.3. The number of primary amides is 1. The number of amides is 1. The molecule has 1 atom stereocenters. The van der Waals surface area contributed by atoms with Crippen LogP contribution in [-0.4, -0.2) is 47.2 Å². The first-order chi connectivity index (χ1) is 20.2. The molecule has 214 valence electrons. The van der Waals surface area contributed by atoms with E-state index in [1.807, 2.05) is 23.7 Å². The van der Waals surface area contributed by atoms with Gasteiger partial charge in [0.05, 0.1) is 34.9 Å². The van der Waals surface area contributed by atoms with Crippen LogP contribution in [0.15, 0.2) is 36.7 Å². The van der Waals surface area contributed by atoms with Gasteiger partial charge in [-0.15, -0.1) is 0 Å². The standard InChI is InChI=1S/C28H26F2N10O2/c1-13-6-8-18-16(11-34-40(18)20-5-3-4-10-42-20)21(13)23-22(31)24(25(32)41)38-27(37-23)15-7-9-19(30)36-26(15)39-28-17(29)12-33-14(2)35-28/h6-9,11-12,20H,3-5,10,31H2,1-2H3,(H2,32,41)(H,33,35,36,39). The van der Waals surface area contributed by atoms with Crippen molar-refractivity contribution < 1.29 is 18.3 Å². The summed E-state index contributed by atoms with van der Waals surface area (Å²) in [5, 5.41) is 8.03. The first-order valence-corrected chi connectivity index (χ1v) is 13.2. The van der Waals surface area contributed by atoms with Gasteiger partial charge in [0, 0.05) is 17.6 Å². The lowest BCUT2D eigenvalue weighted by atomic mass is 9.98. The van der Waals surface area contributed by atoms with Crippen LogP contribution >= 0.6 is 0 Å². The Hall–Kier alpha value is -5.11. The van der Waals surface area contributed by atoms with Gasteiger partial charge in [-0.2, -0.15) is 9.49 Å². The zero-order valence-electron chi connectivity index (χ0n) is 22.7. The molecular formula is C28H26F2N10O2. The number of nitrogens with one attached hydrogen (secondary N) is 1. The maximum Gasteiger partial charge on any atom is 0.269 e. The highest BCUT2D eigenvalue weighted by Gasteiger charge is 2.25. The highest BCUT2D eigenvalue weighted by atomic mass is 19.1. The Kier molecular flexibility index (Phi) is 6.90. The molecule has 1 fully saturated rings. The number of pyridine rings is 1. The molecule has 0 saturated carbocycles. The Morgan fingerprint density at radius 2 is 1.88 bits per heavy atom. The van der Waals surface area contributed by atoms with Crippen LogP contribution in [-0.2, 0) is 4.74 Å². The van der Waals surface area contributed by atoms with Gasteiger partial charge >= 0.3 is 0 Å². The Balaban J connectivity index is 1.54. The highest BCUT2D eigenvalue weighted by molar-refractivity contribution is 6.04. The zero-order chi connectivity index (χ0) is 29.5. The molecule has 1 aromatic carbocycles. The molecule has 0 radical (unpaired) electrons. The van der Waals surface area contributed by atoms with E-state index in [0.717, 1.165) is 48.0 Å². The number of fused-ring (bicyclic) bond motifs is 1. The topological polar surface area (TPSA) is 173 Å². The van der Waals surface area contributed by atoms with Crippen LogP contribution in [0.25, 0.3) is 33.5 Å². The number of ether oxygens (including phenoxy) is 1. The minimum atomic E-state index is -0.893. The molecule has 42 heavy (non-hydrogen) atoms. The molecule has 1 unspecified atom stereocenters. The number of carbonyl (C=O) groups is 1. The molecule has 1 aliphatic heterocycles. The number of carbonyl (C=O) groups excluding carboxylic acids is 1. The van der Waals surface area contributed by atoms with E-state index in [1.54, 1.807) is 13.1 Å². The van der Waals surface area contributed by atoms with Gasteiger partial charge in [0.1, 0.15) is 11.6 Å². The lowest BCUT2D eigenvalue weighted by molar-refractivity contribution is -0.0366. The van der Waals surface area contributed by atoms with Gasteiger partial charge in [-0.3, -0.25) is 4.79 Å². The summed E-state index contributed by atoms with van der Waals surface area (Å²) < 4.78 is 36.6. The molecule has 1 aliphatic rings. The molecule has 5 N–H and O–H groups in total. The normalized spacial score (nSPS) is 15.2. The molecule has 4 aromatic heterocycles. The fourth-order valence-corrected chi connectivity index (χ4v) is 5.02. The average molecular weight is 573 g/mol. The molecule has 0 bridgehead atoms. The van der Waals surface area contributed by atoms with Gasteiger partial charge in [0.15, 0.2) is 29.4 Å². The summed E-state index contributed by atoms with van der Waals surface area (Å²) in [6.07, 6.45) is 5.31. The molecule has 0 spiro atoms. The third kappa shape index (κ3) is 4.85. The Bertz CT molecular complexity index is 1850. The molecule has 6 rings (SSSR count). The highest BCUT2D eigenvalue weighted by Crippen LogP contribution is 2.38. The number of halogens is 2. The summed E-state index contributed by atoms with van der Waals surface area (Å²) in [7, 11) is 0. The molecule has 5 heterocycles. The lowest BCUT2D eigenvalue weighted by Gasteiger charge is -2.23. The van der Waals surface area contributed by atoms with Crippen LogP contribution in [0.4, 0.5) is 26.1 Å². The predicted molar refractivity (Wildman–Crippen MR) is 150 cm³/mol. The van der Waals surface area contributed by atoms with Crippen LogP contribution < -0.4 is 16.8 Å². The van der Waals surface area contributed by atoms with Crippen molar-refractivity contribution in [3.05, 3.63) is 65.5 Å². The van der Waals surface area contributed by atoms with Gasteiger partial charge in [0.2, 0.25) is 5.95 Å². The number of nitrogens with two attached hydrogens (primary N) is 2. The number of benzene rings is 1. The second-order valence-electron chi connectivity index (χ2n) is 9.89. The fourth-order valence-electron chi connectivity index (χ4n) is 5.02. The number of aromatic nitrogens is 7. The van der Waals surface area contributed by atoms with E-state index in [-0.39, 0.29) is 52.2 Å². The van der Waals surface area contributed by atoms with Crippen LogP contribution in [0.1, 0.15) is 47.4 Å². The van der Waals surface area contributed by atoms with E-state index in [4.69, 9.17) is 21.2 Å². The van der Waals surface area contributed by atoms with Crippen molar-refractivity contribution in [1.29, 1.82) is 0 Å². The minimum Gasteiger partial charge on any atom is -0.395 e. The van der Waals surface area contributed by atoms with Gasteiger partial charge in [-0.1, -0.05) is 6.07 Å². The number of nitrogen functional groups attached to an aromatic ring is 1. The molecule has 0 aliphatic carbocycles. The SMILES string of the molecule is Cc1ncc(F)c(Nc2nc(F)ccc2-c2nc(C(N)=O)c(N)c(-c3c(C)ccc4c3cnn4C3CCCCO3)n2)n1. The number of hydrogen-bond acceptors (Lipinski definition) is 10.